The predicted molar refractivity (Wildman–Crippen MR) is 104 cm³/mol. The summed E-state index contributed by atoms with van der Waals surface area (Å²) in [5, 5.41) is 10.1. The number of aromatic nitrogens is 4. The monoisotopic (exact) mass is 364 g/mol. The molecule has 1 amide bonds. The van der Waals surface area contributed by atoms with E-state index in [1.807, 2.05) is 37.5 Å². The van der Waals surface area contributed by atoms with Crippen molar-refractivity contribution in [3.63, 3.8) is 0 Å². The zero-order valence-corrected chi connectivity index (χ0v) is 15.6. The highest BCUT2D eigenvalue weighted by molar-refractivity contribution is 5.95. The van der Waals surface area contributed by atoms with Crippen LogP contribution in [-0.2, 0) is 24.8 Å². The lowest BCUT2D eigenvalue weighted by molar-refractivity contribution is -0.118. The Kier molecular flexibility index (Phi) is 4.77. The van der Waals surface area contributed by atoms with E-state index in [9.17, 15) is 4.79 Å². The molecule has 0 fully saturated rings. The van der Waals surface area contributed by atoms with Crippen molar-refractivity contribution in [1.29, 1.82) is 0 Å². The van der Waals surface area contributed by atoms with Crippen molar-refractivity contribution >= 4 is 11.6 Å². The average Bonchev–Trinajstić information content (AvgIpc) is 3.29. The second-order valence-corrected chi connectivity index (χ2v) is 6.93. The van der Waals surface area contributed by atoms with Crippen LogP contribution in [0.3, 0.4) is 0 Å². The summed E-state index contributed by atoms with van der Waals surface area (Å²) < 4.78 is 3.94. The van der Waals surface area contributed by atoms with E-state index >= 15 is 0 Å². The predicted octanol–water partition coefficient (Wildman–Crippen LogP) is 2.52. The molecule has 0 aliphatic carbocycles. The second kappa shape index (κ2) is 7.36. The van der Waals surface area contributed by atoms with Gasteiger partial charge in [0.15, 0.2) is 0 Å². The van der Waals surface area contributed by atoms with Gasteiger partial charge in [0, 0.05) is 49.2 Å². The highest BCUT2D eigenvalue weighted by atomic mass is 16.2. The number of nitrogens with zero attached hydrogens (tertiary/aromatic N) is 4. The molecule has 27 heavy (non-hydrogen) atoms. The fourth-order valence-electron chi connectivity index (χ4n) is 3.53. The summed E-state index contributed by atoms with van der Waals surface area (Å²) in [6.07, 6.45) is 9.15. The molecule has 1 aliphatic heterocycles. The molecule has 0 saturated heterocycles. The number of benzene rings is 1. The van der Waals surface area contributed by atoms with Gasteiger partial charge in [-0.05, 0) is 32.0 Å². The van der Waals surface area contributed by atoms with E-state index in [2.05, 4.69) is 26.5 Å². The number of carbonyl (C=O) groups is 1. The zero-order valence-electron chi connectivity index (χ0n) is 15.6. The Morgan fingerprint density at radius 2 is 2.00 bits per heavy atom. The molecule has 1 aliphatic rings. The first kappa shape index (κ1) is 17.5. The Labute approximate surface area is 158 Å². The standard InChI is InChI=1S/C20H24N6O/c1-21-19(15-11-22-25(2)12-15)20(27)23-16-8-6-14(7-9-16)17-13-26-10-4-3-5-18(26)24-17/h6-9,11-13,19,21H,3-5,10H2,1-2H3,(H,23,27). The molecule has 140 valence electrons. The number of rotatable bonds is 5. The van der Waals surface area contributed by atoms with Crippen molar-refractivity contribution < 1.29 is 4.79 Å². The van der Waals surface area contributed by atoms with Gasteiger partial charge in [-0.25, -0.2) is 4.98 Å². The largest absolute Gasteiger partial charge is 0.334 e. The van der Waals surface area contributed by atoms with Crippen molar-refractivity contribution in [1.82, 2.24) is 24.6 Å². The molecule has 7 nitrogen and oxygen atoms in total. The van der Waals surface area contributed by atoms with Crippen molar-refractivity contribution in [2.75, 3.05) is 12.4 Å². The molecule has 1 atom stereocenters. The summed E-state index contributed by atoms with van der Waals surface area (Å²) in [6, 6.07) is 7.40. The molecule has 1 aromatic carbocycles. The fraction of sp³-hybridized carbons (Fsp3) is 0.350. The Bertz CT molecular complexity index is 916. The van der Waals surface area contributed by atoms with E-state index in [1.54, 1.807) is 17.9 Å². The summed E-state index contributed by atoms with van der Waals surface area (Å²) in [7, 11) is 3.60. The Balaban J connectivity index is 1.47. The van der Waals surface area contributed by atoms with Crippen LogP contribution in [0.2, 0.25) is 0 Å². The molecule has 0 saturated carbocycles. The van der Waals surface area contributed by atoms with Crippen LogP contribution in [0.5, 0.6) is 0 Å². The third-order valence-corrected chi connectivity index (χ3v) is 4.97. The topological polar surface area (TPSA) is 76.8 Å². The average molecular weight is 364 g/mol. The van der Waals surface area contributed by atoms with Gasteiger partial charge in [-0.3, -0.25) is 9.48 Å². The maximum Gasteiger partial charge on any atom is 0.246 e. The van der Waals surface area contributed by atoms with Gasteiger partial charge in [0.25, 0.3) is 0 Å². The SMILES string of the molecule is CNC(C(=O)Nc1ccc(-c2cn3c(n2)CCCC3)cc1)c1cnn(C)c1. The lowest BCUT2D eigenvalue weighted by Crippen LogP contribution is -2.30. The summed E-state index contributed by atoms with van der Waals surface area (Å²) in [5.41, 5.74) is 3.65. The minimum Gasteiger partial charge on any atom is -0.334 e. The van der Waals surface area contributed by atoms with Gasteiger partial charge >= 0.3 is 0 Å². The van der Waals surface area contributed by atoms with Crippen molar-refractivity contribution in [3.05, 3.63) is 54.2 Å². The molecule has 0 radical (unpaired) electrons. The van der Waals surface area contributed by atoms with Crippen LogP contribution in [0, 0.1) is 0 Å². The number of hydrogen-bond acceptors (Lipinski definition) is 4. The van der Waals surface area contributed by atoms with E-state index in [1.165, 1.54) is 18.7 Å². The molecular weight excluding hydrogens is 340 g/mol. The normalized spacial score (nSPS) is 14.6. The minimum absolute atomic E-state index is 0.115. The minimum atomic E-state index is -0.446. The van der Waals surface area contributed by atoms with Crippen LogP contribution in [-0.4, -0.2) is 32.3 Å². The van der Waals surface area contributed by atoms with E-state index < -0.39 is 6.04 Å². The molecule has 7 heteroatoms. The van der Waals surface area contributed by atoms with Crippen LogP contribution < -0.4 is 10.6 Å². The summed E-state index contributed by atoms with van der Waals surface area (Å²) >= 11 is 0. The molecule has 3 aromatic rings. The van der Waals surface area contributed by atoms with E-state index in [0.717, 1.165) is 35.5 Å². The van der Waals surface area contributed by atoms with E-state index in [-0.39, 0.29) is 5.91 Å². The van der Waals surface area contributed by atoms with Crippen LogP contribution in [0.4, 0.5) is 5.69 Å². The maximum absolute atomic E-state index is 12.6. The van der Waals surface area contributed by atoms with Gasteiger partial charge in [-0.2, -0.15) is 5.10 Å². The second-order valence-electron chi connectivity index (χ2n) is 6.93. The van der Waals surface area contributed by atoms with Crippen LogP contribution in [0.25, 0.3) is 11.3 Å². The molecule has 0 bridgehead atoms. The number of anilines is 1. The quantitative estimate of drug-likeness (QED) is 0.729. The van der Waals surface area contributed by atoms with Crippen LogP contribution >= 0.6 is 0 Å². The third-order valence-electron chi connectivity index (χ3n) is 4.97. The zero-order chi connectivity index (χ0) is 18.8. The van der Waals surface area contributed by atoms with Gasteiger partial charge < -0.3 is 15.2 Å². The van der Waals surface area contributed by atoms with Crippen LogP contribution in [0.15, 0.2) is 42.9 Å². The lowest BCUT2D eigenvalue weighted by atomic mass is 10.1. The Morgan fingerprint density at radius 1 is 1.19 bits per heavy atom. The number of hydrogen-bond donors (Lipinski definition) is 2. The van der Waals surface area contributed by atoms with Gasteiger partial charge in [0.05, 0.1) is 11.9 Å². The number of amides is 1. The molecule has 1 unspecified atom stereocenters. The Morgan fingerprint density at radius 3 is 2.67 bits per heavy atom. The summed E-state index contributed by atoms with van der Waals surface area (Å²) in [6.45, 7) is 1.05. The lowest BCUT2D eigenvalue weighted by Gasteiger charge is -2.14. The van der Waals surface area contributed by atoms with Crippen LogP contribution in [0.1, 0.15) is 30.3 Å². The number of likely N-dealkylation sites (N-methyl/N-ethyl adjacent to an activating group) is 1. The first-order valence-electron chi connectivity index (χ1n) is 9.27. The number of carbonyl (C=O) groups excluding carboxylic acids is 1. The van der Waals surface area contributed by atoms with Gasteiger partial charge in [-0.15, -0.1) is 0 Å². The number of imidazole rings is 1. The molecule has 3 heterocycles. The number of nitrogens with one attached hydrogen (secondary N) is 2. The summed E-state index contributed by atoms with van der Waals surface area (Å²) in [4.78, 5) is 17.4. The number of aryl methyl sites for hydroxylation is 3. The first-order chi connectivity index (χ1) is 13.1. The van der Waals surface area contributed by atoms with Crippen molar-refractivity contribution in [3.8, 4) is 11.3 Å². The first-order valence-corrected chi connectivity index (χ1v) is 9.27. The number of fused-ring (bicyclic) bond motifs is 1. The molecule has 0 spiro atoms. The van der Waals surface area contributed by atoms with Crippen molar-refractivity contribution in [2.45, 2.75) is 31.8 Å². The molecule has 2 N–H and O–H groups in total. The molecule has 4 rings (SSSR count). The smallest absolute Gasteiger partial charge is 0.246 e. The third kappa shape index (κ3) is 3.64. The molecule has 2 aromatic heterocycles. The highest BCUT2D eigenvalue weighted by Crippen LogP contribution is 2.24. The fourth-order valence-corrected chi connectivity index (χ4v) is 3.53. The van der Waals surface area contributed by atoms with Gasteiger partial charge in [-0.1, -0.05) is 12.1 Å². The van der Waals surface area contributed by atoms with Gasteiger partial charge in [0.1, 0.15) is 11.9 Å². The van der Waals surface area contributed by atoms with Crippen molar-refractivity contribution in [2.24, 2.45) is 7.05 Å². The maximum atomic E-state index is 12.6. The highest BCUT2D eigenvalue weighted by Gasteiger charge is 2.20. The van der Waals surface area contributed by atoms with E-state index in [4.69, 9.17) is 4.98 Å². The van der Waals surface area contributed by atoms with Gasteiger partial charge in [0.2, 0.25) is 5.91 Å². The Hall–Kier alpha value is -2.93. The van der Waals surface area contributed by atoms with E-state index in [0.29, 0.717) is 0 Å². The molecular formula is C20H24N6O. The summed E-state index contributed by atoms with van der Waals surface area (Å²) in [5.74, 6) is 1.05.